The molecule has 0 amide bonds. The van der Waals surface area contributed by atoms with Crippen LogP contribution in [0.25, 0.3) is 0 Å². The molecule has 1 aliphatic heterocycles. The molecule has 0 aromatic carbocycles. The molecule has 1 aliphatic rings. The Labute approximate surface area is 109 Å². The molecule has 5 heteroatoms. The lowest BCUT2D eigenvalue weighted by molar-refractivity contribution is -0.143. The zero-order valence-electron chi connectivity index (χ0n) is 11.9. The first-order chi connectivity index (χ1) is 8.20. The predicted octanol–water partition coefficient (Wildman–Crippen LogP) is 0.484. The topological polar surface area (TPSA) is 64.0 Å². The molecule has 0 saturated carbocycles. The number of hydrogen-bond acceptors (Lipinski definition) is 4. The van der Waals surface area contributed by atoms with Crippen LogP contribution in [0, 0.1) is 5.92 Å². The summed E-state index contributed by atoms with van der Waals surface area (Å²) in [6.07, 6.45) is 0. The van der Waals surface area contributed by atoms with E-state index in [0.717, 1.165) is 26.2 Å². The van der Waals surface area contributed by atoms with Gasteiger partial charge in [-0.1, -0.05) is 6.92 Å². The van der Waals surface area contributed by atoms with Crippen molar-refractivity contribution in [2.45, 2.75) is 39.3 Å². The molecule has 0 aromatic heterocycles. The number of carbonyl (C=O) groups is 1. The lowest BCUT2D eigenvalue weighted by Gasteiger charge is -2.40. The zero-order valence-corrected chi connectivity index (χ0v) is 11.9. The molecule has 18 heavy (non-hydrogen) atoms. The summed E-state index contributed by atoms with van der Waals surface area (Å²) in [5, 5.41) is 18.8. The van der Waals surface area contributed by atoms with Gasteiger partial charge in [-0.25, -0.2) is 0 Å². The Kier molecular flexibility index (Phi) is 5.13. The third kappa shape index (κ3) is 4.55. The van der Waals surface area contributed by atoms with E-state index in [1.54, 1.807) is 6.92 Å². The number of aliphatic carboxylic acids is 1. The summed E-state index contributed by atoms with van der Waals surface area (Å²) in [5.41, 5.74) is -0.665. The molecule has 1 fully saturated rings. The second-order valence-electron chi connectivity index (χ2n) is 5.99. The fourth-order valence-corrected chi connectivity index (χ4v) is 2.40. The number of β-amino-alcohol motifs (C(OH)–C–C–N with tert-alkyl or cyclic N) is 1. The Morgan fingerprint density at radius 2 is 1.72 bits per heavy atom. The van der Waals surface area contributed by atoms with Crippen molar-refractivity contribution < 1.29 is 15.0 Å². The quantitative estimate of drug-likeness (QED) is 0.751. The SMILES string of the molecule is CC(C(=O)O)C(C)N1CCN(CC(C)(C)O)CC1. The lowest BCUT2D eigenvalue weighted by atomic mass is 10.0. The predicted molar refractivity (Wildman–Crippen MR) is 70.6 cm³/mol. The van der Waals surface area contributed by atoms with E-state index in [4.69, 9.17) is 5.11 Å². The molecule has 0 aliphatic carbocycles. The van der Waals surface area contributed by atoms with Gasteiger partial charge in [-0.05, 0) is 20.8 Å². The number of hydrogen-bond donors (Lipinski definition) is 2. The third-order valence-corrected chi connectivity index (χ3v) is 3.71. The van der Waals surface area contributed by atoms with Gasteiger partial charge < -0.3 is 10.2 Å². The maximum Gasteiger partial charge on any atom is 0.307 e. The highest BCUT2D eigenvalue weighted by atomic mass is 16.4. The number of rotatable bonds is 5. The molecule has 2 unspecified atom stereocenters. The van der Waals surface area contributed by atoms with Crippen LogP contribution in [-0.2, 0) is 4.79 Å². The lowest BCUT2D eigenvalue weighted by Crippen LogP contribution is -2.54. The first-order valence-electron chi connectivity index (χ1n) is 6.62. The van der Waals surface area contributed by atoms with Gasteiger partial charge in [0, 0.05) is 38.8 Å². The van der Waals surface area contributed by atoms with E-state index in [0.29, 0.717) is 6.54 Å². The molecular weight excluding hydrogens is 232 g/mol. The first-order valence-corrected chi connectivity index (χ1v) is 6.62. The second kappa shape index (κ2) is 5.99. The molecule has 2 atom stereocenters. The van der Waals surface area contributed by atoms with Gasteiger partial charge in [-0.3, -0.25) is 14.6 Å². The van der Waals surface area contributed by atoms with Gasteiger partial charge in [0.15, 0.2) is 0 Å². The van der Waals surface area contributed by atoms with Crippen molar-refractivity contribution in [1.82, 2.24) is 9.80 Å². The largest absolute Gasteiger partial charge is 0.481 e. The molecule has 2 N–H and O–H groups in total. The molecule has 0 radical (unpaired) electrons. The van der Waals surface area contributed by atoms with Gasteiger partial charge in [0.2, 0.25) is 0 Å². The molecule has 0 aromatic rings. The summed E-state index contributed by atoms with van der Waals surface area (Å²) in [7, 11) is 0. The van der Waals surface area contributed by atoms with Crippen molar-refractivity contribution in [2.24, 2.45) is 5.92 Å². The van der Waals surface area contributed by atoms with Crippen molar-refractivity contribution in [3.8, 4) is 0 Å². The summed E-state index contributed by atoms with van der Waals surface area (Å²) < 4.78 is 0. The second-order valence-corrected chi connectivity index (χ2v) is 5.99. The standard InChI is InChI=1S/C13H26N2O3/c1-10(12(16)17)11(2)15-7-5-14(6-8-15)9-13(3,4)18/h10-11,18H,5-9H2,1-4H3,(H,16,17). The monoisotopic (exact) mass is 258 g/mol. The maximum absolute atomic E-state index is 11.0. The number of nitrogens with zero attached hydrogens (tertiary/aromatic N) is 2. The van der Waals surface area contributed by atoms with Crippen LogP contribution in [0.1, 0.15) is 27.7 Å². The summed E-state index contributed by atoms with van der Waals surface area (Å²) in [6.45, 7) is 11.6. The van der Waals surface area contributed by atoms with Crippen LogP contribution in [0.3, 0.4) is 0 Å². The van der Waals surface area contributed by atoms with Crippen molar-refractivity contribution in [2.75, 3.05) is 32.7 Å². The zero-order chi connectivity index (χ0) is 13.9. The van der Waals surface area contributed by atoms with Crippen LogP contribution in [0.5, 0.6) is 0 Å². The van der Waals surface area contributed by atoms with Gasteiger partial charge in [0.1, 0.15) is 0 Å². The van der Waals surface area contributed by atoms with Gasteiger partial charge in [0.25, 0.3) is 0 Å². The number of carboxylic acids is 1. The van der Waals surface area contributed by atoms with Crippen LogP contribution < -0.4 is 0 Å². The Bertz CT molecular complexity index is 280. The summed E-state index contributed by atoms with van der Waals surface area (Å²) >= 11 is 0. The maximum atomic E-state index is 11.0. The number of carboxylic acid groups (broad SMARTS) is 1. The summed E-state index contributed by atoms with van der Waals surface area (Å²) in [6, 6.07) is 0.0618. The van der Waals surface area contributed by atoms with E-state index < -0.39 is 11.6 Å². The molecule has 1 saturated heterocycles. The molecule has 5 nitrogen and oxygen atoms in total. The summed E-state index contributed by atoms with van der Waals surface area (Å²) in [5.74, 6) is -1.08. The van der Waals surface area contributed by atoms with Crippen LogP contribution in [0.2, 0.25) is 0 Å². The number of aliphatic hydroxyl groups is 1. The van der Waals surface area contributed by atoms with Crippen LogP contribution >= 0.6 is 0 Å². The van der Waals surface area contributed by atoms with Crippen molar-refractivity contribution in [1.29, 1.82) is 0 Å². The molecule has 106 valence electrons. The molecule has 0 spiro atoms. The number of piperazine rings is 1. The van der Waals surface area contributed by atoms with Gasteiger partial charge in [-0.2, -0.15) is 0 Å². The highest BCUT2D eigenvalue weighted by molar-refractivity contribution is 5.70. The van der Waals surface area contributed by atoms with E-state index in [1.165, 1.54) is 0 Å². The average molecular weight is 258 g/mol. The molecule has 1 heterocycles. The Morgan fingerprint density at radius 1 is 1.22 bits per heavy atom. The van der Waals surface area contributed by atoms with E-state index in [-0.39, 0.29) is 12.0 Å². The van der Waals surface area contributed by atoms with E-state index in [1.807, 2.05) is 20.8 Å². The van der Waals surface area contributed by atoms with E-state index >= 15 is 0 Å². The minimum absolute atomic E-state index is 0.0618. The van der Waals surface area contributed by atoms with Crippen LogP contribution in [0.15, 0.2) is 0 Å². The normalized spacial score (nSPS) is 22.7. The first kappa shape index (κ1) is 15.4. The average Bonchev–Trinajstić information content (AvgIpc) is 2.26. The van der Waals surface area contributed by atoms with Gasteiger partial charge in [-0.15, -0.1) is 0 Å². The fourth-order valence-electron chi connectivity index (χ4n) is 2.40. The highest BCUT2D eigenvalue weighted by Gasteiger charge is 2.29. The molecule has 1 rings (SSSR count). The van der Waals surface area contributed by atoms with Gasteiger partial charge >= 0.3 is 5.97 Å². The van der Waals surface area contributed by atoms with Crippen molar-refractivity contribution in [3.63, 3.8) is 0 Å². The van der Waals surface area contributed by atoms with Crippen molar-refractivity contribution in [3.05, 3.63) is 0 Å². The van der Waals surface area contributed by atoms with E-state index in [9.17, 15) is 9.90 Å². The third-order valence-electron chi connectivity index (χ3n) is 3.71. The van der Waals surface area contributed by atoms with Crippen LogP contribution in [0.4, 0.5) is 0 Å². The molecular formula is C13H26N2O3. The Balaban J connectivity index is 2.42. The van der Waals surface area contributed by atoms with Gasteiger partial charge in [0.05, 0.1) is 11.5 Å². The Morgan fingerprint density at radius 3 is 2.11 bits per heavy atom. The summed E-state index contributed by atoms with van der Waals surface area (Å²) in [4.78, 5) is 15.4. The fraction of sp³-hybridized carbons (Fsp3) is 0.923. The minimum Gasteiger partial charge on any atom is -0.481 e. The molecule has 0 bridgehead atoms. The Hall–Kier alpha value is -0.650. The highest BCUT2D eigenvalue weighted by Crippen LogP contribution is 2.15. The van der Waals surface area contributed by atoms with Crippen molar-refractivity contribution >= 4 is 5.97 Å². The van der Waals surface area contributed by atoms with Crippen LogP contribution in [-0.4, -0.2) is 70.3 Å². The minimum atomic E-state index is -0.735. The van der Waals surface area contributed by atoms with E-state index in [2.05, 4.69) is 9.80 Å². The smallest absolute Gasteiger partial charge is 0.307 e.